The van der Waals surface area contributed by atoms with E-state index in [4.69, 9.17) is 4.74 Å². The number of aryl methyl sites for hydroxylation is 1. The molecule has 2 aromatic rings. The van der Waals surface area contributed by atoms with Gasteiger partial charge in [-0.15, -0.1) is 0 Å². The van der Waals surface area contributed by atoms with Crippen molar-refractivity contribution < 1.29 is 19.4 Å². The molecular formula is C17H14O4. The molecule has 4 heteroatoms. The molecule has 0 aliphatic heterocycles. The quantitative estimate of drug-likeness (QED) is 0.783. The largest absolute Gasteiger partial charge is 0.496 e. The molecule has 0 radical (unpaired) electrons. The summed E-state index contributed by atoms with van der Waals surface area (Å²) in [5.41, 5.74) is 2.79. The van der Waals surface area contributed by atoms with Crippen LogP contribution in [-0.2, 0) is 6.61 Å². The molecule has 4 nitrogen and oxygen atoms in total. The number of ketones is 2. The summed E-state index contributed by atoms with van der Waals surface area (Å²) in [7, 11) is 1.43. The first kappa shape index (κ1) is 13.5. The van der Waals surface area contributed by atoms with Gasteiger partial charge in [-0.1, -0.05) is 23.8 Å². The lowest BCUT2D eigenvalue weighted by Crippen LogP contribution is -2.22. The zero-order chi connectivity index (χ0) is 15.1. The summed E-state index contributed by atoms with van der Waals surface area (Å²) in [5.74, 6) is -0.155. The van der Waals surface area contributed by atoms with Crippen LogP contribution in [0.2, 0.25) is 0 Å². The minimum Gasteiger partial charge on any atom is -0.496 e. The summed E-state index contributed by atoms with van der Waals surface area (Å²) >= 11 is 0. The number of methoxy groups -OCH3 is 1. The monoisotopic (exact) mass is 282 g/mol. The van der Waals surface area contributed by atoms with E-state index in [2.05, 4.69) is 0 Å². The highest BCUT2D eigenvalue weighted by molar-refractivity contribution is 6.29. The van der Waals surface area contributed by atoms with Crippen LogP contribution in [0.25, 0.3) is 0 Å². The van der Waals surface area contributed by atoms with E-state index in [1.807, 2.05) is 6.92 Å². The summed E-state index contributed by atoms with van der Waals surface area (Å²) in [6, 6.07) is 8.39. The van der Waals surface area contributed by atoms with Crippen LogP contribution in [-0.4, -0.2) is 23.8 Å². The zero-order valence-corrected chi connectivity index (χ0v) is 11.8. The Hall–Kier alpha value is -2.46. The smallest absolute Gasteiger partial charge is 0.198 e. The Kier molecular flexibility index (Phi) is 3.11. The number of hydrogen-bond acceptors (Lipinski definition) is 4. The SMILES string of the molecule is COc1c(CO)ccc2c1C(=O)c1ccc(C)cc1C2=O. The van der Waals surface area contributed by atoms with Gasteiger partial charge in [-0.3, -0.25) is 9.59 Å². The van der Waals surface area contributed by atoms with Gasteiger partial charge < -0.3 is 9.84 Å². The van der Waals surface area contributed by atoms with Gasteiger partial charge >= 0.3 is 0 Å². The zero-order valence-electron chi connectivity index (χ0n) is 11.8. The number of aliphatic hydroxyl groups is 1. The van der Waals surface area contributed by atoms with Crippen LogP contribution < -0.4 is 4.74 Å². The minimum atomic E-state index is -0.251. The average molecular weight is 282 g/mol. The first-order valence-electron chi connectivity index (χ1n) is 6.59. The van der Waals surface area contributed by atoms with Gasteiger partial charge in [-0.05, 0) is 19.1 Å². The van der Waals surface area contributed by atoms with Gasteiger partial charge in [0.05, 0.1) is 19.3 Å². The maximum atomic E-state index is 12.7. The summed E-state index contributed by atoms with van der Waals surface area (Å²) in [6.45, 7) is 1.63. The summed E-state index contributed by atoms with van der Waals surface area (Å²) in [4.78, 5) is 25.3. The number of rotatable bonds is 2. The van der Waals surface area contributed by atoms with E-state index < -0.39 is 0 Å². The van der Waals surface area contributed by atoms with Crippen LogP contribution in [0.1, 0.15) is 43.0 Å². The summed E-state index contributed by atoms with van der Waals surface area (Å²) < 4.78 is 5.26. The molecule has 0 bridgehead atoms. The van der Waals surface area contributed by atoms with Crippen LogP contribution in [0, 0.1) is 6.92 Å². The first-order valence-corrected chi connectivity index (χ1v) is 6.59. The maximum absolute atomic E-state index is 12.7. The third kappa shape index (κ3) is 1.87. The topological polar surface area (TPSA) is 63.6 Å². The molecule has 2 aromatic carbocycles. The molecule has 0 fully saturated rings. The maximum Gasteiger partial charge on any atom is 0.198 e. The van der Waals surface area contributed by atoms with Crippen molar-refractivity contribution >= 4 is 11.6 Å². The van der Waals surface area contributed by atoms with Crippen LogP contribution >= 0.6 is 0 Å². The van der Waals surface area contributed by atoms with E-state index >= 15 is 0 Å². The van der Waals surface area contributed by atoms with Crippen LogP contribution in [0.5, 0.6) is 5.75 Å². The van der Waals surface area contributed by atoms with Crippen molar-refractivity contribution in [1.82, 2.24) is 0 Å². The average Bonchev–Trinajstić information content (AvgIpc) is 2.50. The van der Waals surface area contributed by atoms with E-state index in [0.717, 1.165) is 5.56 Å². The lowest BCUT2D eigenvalue weighted by Gasteiger charge is -2.21. The Morgan fingerprint density at radius 3 is 2.38 bits per heavy atom. The van der Waals surface area contributed by atoms with Gasteiger partial charge in [0.1, 0.15) is 5.75 Å². The normalized spacial score (nSPS) is 12.9. The molecular weight excluding hydrogens is 268 g/mol. The van der Waals surface area contributed by atoms with Gasteiger partial charge in [-0.25, -0.2) is 0 Å². The molecule has 0 saturated carbocycles. The number of carbonyl (C=O) groups excluding carboxylic acids is 2. The Morgan fingerprint density at radius 2 is 1.71 bits per heavy atom. The van der Waals surface area contributed by atoms with Crippen molar-refractivity contribution in [3.8, 4) is 5.75 Å². The second kappa shape index (κ2) is 4.82. The molecule has 3 rings (SSSR count). The number of carbonyl (C=O) groups is 2. The van der Waals surface area contributed by atoms with E-state index in [9.17, 15) is 14.7 Å². The lowest BCUT2D eigenvalue weighted by atomic mass is 9.82. The molecule has 106 valence electrons. The van der Waals surface area contributed by atoms with Crippen molar-refractivity contribution in [3.05, 3.63) is 63.7 Å². The fraction of sp³-hybridized carbons (Fsp3) is 0.176. The Balaban J connectivity index is 2.32. The standard InChI is InChI=1S/C17H14O4/c1-9-3-5-11-13(7-9)15(19)12-6-4-10(8-18)17(21-2)14(12)16(11)20/h3-7,18H,8H2,1-2H3. The van der Waals surface area contributed by atoms with E-state index in [-0.39, 0.29) is 29.5 Å². The summed E-state index contributed by atoms with van der Waals surface area (Å²) in [5, 5.41) is 9.36. The molecule has 0 saturated heterocycles. The second-order valence-electron chi connectivity index (χ2n) is 5.05. The second-order valence-corrected chi connectivity index (χ2v) is 5.05. The van der Waals surface area contributed by atoms with Crippen molar-refractivity contribution in [2.45, 2.75) is 13.5 Å². The van der Waals surface area contributed by atoms with Crippen molar-refractivity contribution in [2.75, 3.05) is 7.11 Å². The molecule has 0 amide bonds. The fourth-order valence-electron chi connectivity index (χ4n) is 2.72. The minimum absolute atomic E-state index is 0.189. The van der Waals surface area contributed by atoms with Gasteiger partial charge in [0.15, 0.2) is 11.6 Å². The highest BCUT2D eigenvalue weighted by Crippen LogP contribution is 2.35. The molecule has 0 heterocycles. The number of aliphatic hydroxyl groups excluding tert-OH is 1. The number of hydrogen-bond donors (Lipinski definition) is 1. The fourth-order valence-corrected chi connectivity index (χ4v) is 2.72. The van der Waals surface area contributed by atoms with Crippen LogP contribution in [0.4, 0.5) is 0 Å². The highest BCUT2D eigenvalue weighted by Gasteiger charge is 2.33. The molecule has 1 aliphatic rings. The van der Waals surface area contributed by atoms with Gasteiger partial charge in [0.2, 0.25) is 0 Å². The van der Waals surface area contributed by atoms with Crippen molar-refractivity contribution in [2.24, 2.45) is 0 Å². The van der Waals surface area contributed by atoms with E-state index in [1.165, 1.54) is 7.11 Å². The molecule has 0 atom stereocenters. The Morgan fingerprint density at radius 1 is 1.00 bits per heavy atom. The van der Waals surface area contributed by atoms with Gasteiger partial charge in [0.25, 0.3) is 0 Å². The van der Waals surface area contributed by atoms with Crippen molar-refractivity contribution in [1.29, 1.82) is 0 Å². The molecule has 21 heavy (non-hydrogen) atoms. The van der Waals surface area contributed by atoms with Gasteiger partial charge in [0, 0.05) is 22.3 Å². The van der Waals surface area contributed by atoms with Crippen molar-refractivity contribution in [3.63, 3.8) is 0 Å². The Labute approximate surface area is 122 Å². The van der Waals surface area contributed by atoms with Gasteiger partial charge in [-0.2, -0.15) is 0 Å². The highest BCUT2D eigenvalue weighted by atomic mass is 16.5. The van der Waals surface area contributed by atoms with Crippen LogP contribution in [0.3, 0.4) is 0 Å². The van der Waals surface area contributed by atoms with Crippen LogP contribution in [0.15, 0.2) is 30.3 Å². The molecule has 1 aliphatic carbocycles. The lowest BCUT2D eigenvalue weighted by molar-refractivity contribution is 0.0976. The first-order chi connectivity index (χ1) is 10.1. The number of fused-ring (bicyclic) bond motifs is 2. The number of benzene rings is 2. The molecule has 1 N–H and O–H groups in total. The third-order valence-corrected chi connectivity index (χ3v) is 3.75. The summed E-state index contributed by atoms with van der Waals surface area (Å²) in [6.07, 6.45) is 0. The molecule has 0 aromatic heterocycles. The van der Waals surface area contributed by atoms with E-state index in [0.29, 0.717) is 22.3 Å². The third-order valence-electron chi connectivity index (χ3n) is 3.75. The molecule has 0 unspecified atom stereocenters. The number of ether oxygens (including phenoxy) is 1. The van der Waals surface area contributed by atoms with E-state index in [1.54, 1.807) is 30.3 Å². The predicted octanol–water partition coefficient (Wildman–Crippen LogP) is 2.27. The predicted molar refractivity (Wildman–Crippen MR) is 77.0 cm³/mol. The Bertz CT molecular complexity index is 775. The molecule has 0 spiro atoms.